The fourth-order valence-electron chi connectivity index (χ4n) is 3.52. The lowest BCUT2D eigenvalue weighted by molar-refractivity contribution is 0.303. The third-order valence-corrected chi connectivity index (χ3v) is 5.34. The van der Waals surface area contributed by atoms with Gasteiger partial charge in [-0.25, -0.2) is 0 Å². The first kappa shape index (κ1) is 21.6. The molecule has 0 saturated carbocycles. The number of nitrogens with one attached hydrogen (secondary N) is 2. The van der Waals surface area contributed by atoms with Crippen LogP contribution in [-0.2, 0) is 12.8 Å². The first-order chi connectivity index (χ1) is 14.3. The fraction of sp³-hybridized carbons (Fsp3) is 0.333. The van der Waals surface area contributed by atoms with Gasteiger partial charge in [-0.15, -0.1) is 0 Å². The van der Waals surface area contributed by atoms with Gasteiger partial charge in [0.15, 0.2) is 0 Å². The van der Waals surface area contributed by atoms with Gasteiger partial charge in [0.1, 0.15) is 17.1 Å². The van der Waals surface area contributed by atoms with Gasteiger partial charge < -0.3 is 20.6 Å². The smallest absolute Gasteiger partial charge is 0.253 e. The van der Waals surface area contributed by atoms with E-state index in [9.17, 15) is 14.7 Å². The summed E-state index contributed by atoms with van der Waals surface area (Å²) in [6.45, 7) is 2.53. The van der Waals surface area contributed by atoms with Gasteiger partial charge in [0, 0.05) is 18.6 Å². The van der Waals surface area contributed by atoms with Crippen molar-refractivity contribution in [2.75, 3.05) is 31.3 Å². The summed E-state index contributed by atoms with van der Waals surface area (Å²) in [4.78, 5) is 26.3. The van der Waals surface area contributed by atoms with Gasteiger partial charge in [-0.3, -0.25) is 9.59 Å². The van der Waals surface area contributed by atoms with Crippen molar-refractivity contribution in [3.63, 3.8) is 0 Å². The average Bonchev–Trinajstić information content (AvgIpc) is 2.73. The largest absolute Gasteiger partial charge is 0.508 e. The third-order valence-electron chi connectivity index (χ3n) is 5.34. The molecule has 3 N–H and O–H groups in total. The molecular weight excluding hydrogens is 378 g/mol. The molecule has 0 aliphatic rings. The maximum atomic E-state index is 12.1. The summed E-state index contributed by atoms with van der Waals surface area (Å²) in [5, 5.41) is 15.9. The molecule has 6 nitrogen and oxygen atoms in total. The van der Waals surface area contributed by atoms with Gasteiger partial charge in [0.2, 0.25) is 0 Å². The van der Waals surface area contributed by atoms with Crippen molar-refractivity contribution in [3.05, 3.63) is 86.2 Å². The highest BCUT2D eigenvalue weighted by molar-refractivity contribution is 5.74. The molecule has 0 radical (unpaired) electrons. The number of nitrogens with zero attached hydrogens (tertiary/aromatic N) is 1. The van der Waals surface area contributed by atoms with Crippen molar-refractivity contribution in [3.8, 4) is 5.75 Å². The van der Waals surface area contributed by atoms with Crippen molar-refractivity contribution in [1.29, 1.82) is 0 Å². The lowest BCUT2D eigenvalue weighted by Crippen LogP contribution is -2.43. The Labute approximate surface area is 176 Å². The quantitative estimate of drug-likeness (QED) is 0.448. The van der Waals surface area contributed by atoms with E-state index in [1.807, 2.05) is 63.5 Å². The third kappa shape index (κ3) is 5.27. The normalized spacial score (nSPS) is 13.3. The van der Waals surface area contributed by atoms with E-state index in [4.69, 9.17) is 0 Å². The molecule has 3 rings (SSSR count). The van der Waals surface area contributed by atoms with E-state index in [0.29, 0.717) is 17.9 Å². The first-order valence-corrected chi connectivity index (χ1v) is 10.2. The molecule has 0 fully saturated rings. The number of aromatic hydroxyl groups is 1. The molecule has 3 aromatic rings. The molecule has 0 unspecified atom stereocenters. The molecule has 6 heteroatoms. The van der Waals surface area contributed by atoms with Crippen LogP contribution < -0.4 is 21.5 Å². The number of likely N-dealkylation sites (N-methyl/N-ethyl adjacent to an activating group) is 1. The molecule has 0 amide bonds. The van der Waals surface area contributed by atoms with Crippen molar-refractivity contribution in [2.24, 2.45) is 0 Å². The second kappa shape index (κ2) is 9.59. The summed E-state index contributed by atoms with van der Waals surface area (Å²) in [5.74, 6) is 0.238. The number of phenolic OH excluding ortho intramolecular Hbond substituents is 1. The topological polar surface area (TPSA) is 81.7 Å². The SMILES string of the molecule is C[C@@H](Cc1ccccc1)Nc1c(NC[C@H](Cc2ccc(O)cc2)N(C)C)c(=O)c1=O. The molecule has 0 spiro atoms. The molecule has 158 valence electrons. The van der Waals surface area contributed by atoms with Gasteiger partial charge in [-0.1, -0.05) is 42.5 Å². The molecule has 2 atom stereocenters. The Morgan fingerprint density at radius 1 is 0.867 bits per heavy atom. The number of rotatable bonds is 10. The first-order valence-electron chi connectivity index (χ1n) is 10.2. The molecule has 0 aliphatic heterocycles. The van der Waals surface area contributed by atoms with Crippen molar-refractivity contribution >= 4 is 11.4 Å². The molecule has 0 saturated heterocycles. The Morgan fingerprint density at radius 2 is 1.47 bits per heavy atom. The maximum absolute atomic E-state index is 12.1. The van der Waals surface area contributed by atoms with E-state index in [1.165, 1.54) is 5.56 Å². The molecule has 0 bridgehead atoms. The summed E-state index contributed by atoms with van der Waals surface area (Å²) in [5.41, 5.74) is 2.09. The van der Waals surface area contributed by atoms with E-state index in [-0.39, 0.29) is 17.8 Å². The van der Waals surface area contributed by atoms with Crippen molar-refractivity contribution in [2.45, 2.75) is 31.8 Å². The van der Waals surface area contributed by atoms with E-state index in [0.717, 1.165) is 18.4 Å². The summed E-state index contributed by atoms with van der Waals surface area (Å²) >= 11 is 0. The Bertz CT molecular complexity index is 1020. The van der Waals surface area contributed by atoms with E-state index in [2.05, 4.69) is 15.5 Å². The van der Waals surface area contributed by atoms with Gasteiger partial charge in [0.05, 0.1) is 0 Å². The predicted octanol–water partition coefficient (Wildman–Crippen LogP) is 2.62. The molecule has 0 heterocycles. The van der Waals surface area contributed by atoms with Crippen LogP contribution in [0.1, 0.15) is 18.1 Å². The van der Waals surface area contributed by atoms with Gasteiger partial charge in [-0.05, 0) is 57.1 Å². The number of benzene rings is 2. The lowest BCUT2D eigenvalue weighted by atomic mass is 10.0. The minimum atomic E-state index is -0.466. The number of anilines is 2. The summed E-state index contributed by atoms with van der Waals surface area (Å²) in [7, 11) is 3.96. The molecule has 30 heavy (non-hydrogen) atoms. The standard InChI is InChI=1S/C24H29N3O3/c1-16(13-17-7-5-4-6-8-17)26-22-21(23(29)24(22)30)25-15-19(27(2)3)14-18-9-11-20(28)12-10-18/h4-12,16,19,25-26,28H,13-15H2,1-3H3/t16-,19-/m0/s1. The minimum Gasteiger partial charge on any atom is -0.508 e. The fourth-order valence-corrected chi connectivity index (χ4v) is 3.52. The second-order valence-corrected chi connectivity index (χ2v) is 8.01. The van der Waals surface area contributed by atoms with Crippen LogP contribution in [0.4, 0.5) is 11.4 Å². The summed E-state index contributed by atoms with van der Waals surface area (Å²) < 4.78 is 0. The van der Waals surface area contributed by atoms with Crippen LogP contribution in [0.15, 0.2) is 64.2 Å². The highest BCUT2D eigenvalue weighted by atomic mass is 16.3. The number of hydrogen-bond acceptors (Lipinski definition) is 6. The zero-order valence-electron chi connectivity index (χ0n) is 17.7. The monoisotopic (exact) mass is 407 g/mol. The average molecular weight is 408 g/mol. The molecular formula is C24H29N3O3. The molecule has 0 aromatic heterocycles. The van der Waals surface area contributed by atoms with Gasteiger partial charge >= 0.3 is 0 Å². The summed E-state index contributed by atoms with van der Waals surface area (Å²) in [6.07, 6.45) is 1.52. The van der Waals surface area contributed by atoms with Crippen molar-refractivity contribution in [1.82, 2.24) is 4.90 Å². The molecule has 0 aliphatic carbocycles. The Kier molecular flexibility index (Phi) is 6.90. The highest BCUT2D eigenvalue weighted by Gasteiger charge is 2.23. The lowest BCUT2D eigenvalue weighted by Gasteiger charge is -2.26. The van der Waals surface area contributed by atoms with Gasteiger partial charge in [0.25, 0.3) is 10.9 Å². The van der Waals surface area contributed by atoms with Crippen LogP contribution in [0.25, 0.3) is 0 Å². The number of hydrogen-bond donors (Lipinski definition) is 3. The van der Waals surface area contributed by atoms with E-state index < -0.39 is 10.9 Å². The van der Waals surface area contributed by atoms with Crippen LogP contribution in [0.5, 0.6) is 5.75 Å². The Morgan fingerprint density at radius 3 is 2.10 bits per heavy atom. The van der Waals surface area contributed by atoms with Crippen LogP contribution in [0, 0.1) is 0 Å². The number of phenols is 1. The van der Waals surface area contributed by atoms with Crippen molar-refractivity contribution < 1.29 is 5.11 Å². The van der Waals surface area contributed by atoms with Crippen LogP contribution in [-0.4, -0.2) is 42.7 Å². The van der Waals surface area contributed by atoms with Gasteiger partial charge in [-0.2, -0.15) is 0 Å². The maximum Gasteiger partial charge on any atom is 0.253 e. The van der Waals surface area contributed by atoms with Crippen LogP contribution in [0.3, 0.4) is 0 Å². The van der Waals surface area contributed by atoms with Crippen LogP contribution in [0.2, 0.25) is 0 Å². The van der Waals surface area contributed by atoms with Crippen LogP contribution >= 0.6 is 0 Å². The Hall–Kier alpha value is -3.12. The van der Waals surface area contributed by atoms with E-state index >= 15 is 0 Å². The zero-order chi connectivity index (χ0) is 21.7. The van der Waals surface area contributed by atoms with E-state index in [1.54, 1.807) is 12.1 Å². The predicted molar refractivity (Wildman–Crippen MR) is 122 cm³/mol. The summed E-state index contributed by atoms with van der Waals surface area (Å²) in [6, 6.07) is 17.3. The molecule has 3 aromatic carbocycles. The second-order valence-electron chi connectivity index (χ2n) is 8.01. The minimum absolute atomic E-state index is 0.0258. The highest BCUT2D eigenvalue weighted by Crippen LogP contribution is 2.18. The Balaban J connectivity index is 1.63. The zero-order valence-corrected chi connectivity index (χ0v) is 17.7.